The summed E-state index contributed by atoms with van der Waals surface area (Å²) in [6.45, 7) is 1.67. The Kier molecular flexibility index (Phi) is 5.54. The number of Topliss-reactive ketones (excluding diaryl/α,β-unsaturated/α-hetero) is 1. The van der Waals surface area contributed by atoms with Crippen molar-refractivity contribution in [2.45, 2.75) is 6.92 Å². The number of ether oxygens (including phenoxy) is 2. The Labute approximate surface area is 142 Å². The summed E-state index contributed by atoms with van der Waals surface area (Å²) in [7, 11) is 1.57. The highest BCUT2D eigenvalue weighted by Gasteiger charge is 2.13. The summed E-state index contributed by atoms with van der Waals surface area (Å²) < 4.78 is 11.0. The Bertz CT molecular complexity index is 692. The second-order valence-electron chi connectivity index (χ2n) is 4.71. The van der Waals surface area contributed by atoms with Crippen LogP contribution in [0.3, 0.4) is 0 Å². The third kappa shape index (κ3) is 4.07. The van der Waals surface area contributed by atoms with Crippen molar-refractivity contribution < 1.29 is 19.1 Å². The lowest BCUT2D eigenvalue weighted by atomic mass is 10.1. The van der Waals surface area contributed by atoms with Crippen molar-refractivity contribution in [3.05, 3.63) is 62.7 Å². The van der Waals surface area contributed by atoms with Crippen LogP contribution in [-0.2, 0) is 4.74 Å². The number of ketones is 1. The van der Waals surface area contributed by atoms with E-state index < -0.39 is 5.97 Å². The molecule has 0 bridgehead atoms. The van der Waals surface area contributed by atoms with Gasteiger partial charge in [0.15, 0.2) is 12.4 Å². The van der Waals surface area contributed by atoms with Crippen LogP contribution < -0.4 is 4.74 Å². The average Bonchev–Trinajstić information content (AvgIpc) is 2.52. The zero-order valence-corrected chi connectivity index (χ0v) is 14.4. The molecule has 0 radical (unpaired) electrons. The van der Waals surface area contributed by atoms with Gasteiger partial charge in [-0.25, -0.2) is 4.79 Å². The summed E-state index contributed by atoms with van der Waals surface area (Å²) in [5.41, 5.74) is 1.99. The highest BCUT2D eigenvalue weighted by Crippen LogP contribution is 2.22. The number of aryl methyl sites for hydroxylation is 1. The van der Waals surface area contributed by atoms with Gasteiger partial charge in [0.1, 0.15) is 5.75 Å². The fourth-order valence-corrected chi connectivity index (χ4v) is 2.57. The molecular weight excluding hydrogens is 395 g/mol. The predicted octanol–water partition coefficient (Wildman–Crippen LogP) is 3.65. The second kappa shape index (κ2) is 7.40. The largest absolute Gasteiger partial charge is 0.496 e. The number of carbonyl (C=O) groups excluding carboxylic acids is 2. The second-order valence-corrected chi connectivity index (χ2v) is 5.88. The first-order valence-electron chi connectivity index (χ1n) is 6.62. The van der Waals surface area contributed by atoms with E-state index in [1.807, 2.05) is 19.1 Å². The molecule has 0 aliphatic carbocycles. The van der Waals surface area contributed by atoms with E-state index in [9.17, 15) is 9.59 Å². The molecule has 0 aliphatic rings. The minimum atomic E-state index is -0.527. The van der Waals surface area contributed by atoms with Crippen molar-refractivity contribution >= 4 is 34.3 Å². The van der Waals surface area contributed by atoms with Crippen LogP contribution >= 0.6 is 22.6 Å². The number of methoxy groups -OCH3 is 1. The normalized spacial score (nSPS) is 10.1. The Hall–Kier alpha value is -1.89. The number of esters is 1. The maximum absolute atomic E-state index is 12.0. The van der Waals surface area contributed by atoms with Crippen LogP contribution in [0.5, 0.6) is 5.75 Å². The molecule has 22 heavy (non-hydrogen) atoms. The Balaban J connectivity index is 1.99. The van der Waals surface area contributed by atoms with Gasteiger partial charge in [-0.1, -0.05) is 29.8 Å². The van der Waals surface area contributed by atoms with Gasteiger partial charge in [0.25, 0.3) is 0 Å². The molecule has 0 aliphatic heterocycles. The van der Waals surface area contributed by atoms with E-state index in [0.29, 0.717) is 16.9 Å². The molecule has 0 spiro atoms. The highest BCUT2D eigenvalue weighted by atomic mass is 127. The van der Waals surface area contributed by atoms with Crippen LogP contribution in [0.4, 0.5) is 0 Å². The first-order chi connectivity index (χ1) is 10.5. The monoisotopic (exact) mass is 410 g/mol. The lowest BCUT2D eigenvalue weighted by Crippen LogP contribution is -2.14. The van der Waals surface area contributed by atoms with Gasteiger partial charge in [0, 0.05) is 5.56 Å². The molecule has 0 saturated carbocycles. The topological polar surface area (TPSA) is 52.6 Å². The molecule has 0 N–H and O–H groups in total. The fraction of sp³-hybridized carbons (Fsp3) is 0.176. The van der Waals surface area contributed by atoms with Crippen molar-refractivity contribution in [3.63, 3.8) is 0 Å². The molecular formula is C17H15IO4. The SMILES string of the molecule is COc1ccc(C(=O)OCC(=O)c2ccc(C)cc2)cc1I. The quantitative estimate of drug-likeness (QED) is 0.429. The molecule has 2 aromatic carbocycles. The van der Waals surface area contributed by atoms with E-state index >= 15 is 0 Å². The standard InChI is InChI=1S/C17H15IO4/c1-11-3-5-12(6-4-11)15(19)10-22-17(20)13-7-8-16(21-2)14(18)9-13/h3-9H,10H2,1-2H3. The maximum Gasteiger partial charge on any atom is 0.338 e. The molecule has 0 atom stereocenters. The zero-order valence-electron chi connectivity index (χ0n) is 12.3. The molecule has 5 heteroatoms. The predicted molar refractivity (Wildman–Crippen MR) is 91.5 cm³/mol. The number of hydrogen-bond acceptors (Lipinski definition) is 4. The van der Waals surface area contributed by atoms with E-state index in [4.69, 9.17) is 9.47 Å². The van der Waals surface area contributed by atoms with Gasteiger partial charge in [-0.05, 0) is 47.7 Å². The van der Waals surface area contributed by atoms with E-state index in [1.165, 1.54) is 0 Å². The van der Waals surface area contributed by atoms with Gasteiger partial charge in [-0.3, -0.25) is 4.79 Å². The van der Waals surface area contributed by atoms with E-state index in [-0.39, 0.29) is 12.4 Å². The van der Waals surface area contributed by atoms with Crippen LogP contribution in [0, 0.1) is 10.5 Å². The van der Waals surface area contributed by atoms with Gasteiger partial charge in [-0.2, -0.15) is 0 Å². The van der Waals surface area contributed by atoms with Crippen molar-refractivity contribution in [1.29, 1.82) is 0 Å². The fourth-order valence-electron chi connectivity index (χ4n) is 1.83. The van der Waals surface area contributed by atoms with Gasteiger partial charge in [-0.15, -0.1) is 0 Å². The Morgan fingerprint density at radius 3 is 2.27 bits per heavy atom. The summed E-state index contributed by atoms with van der Waals surface area (Å²) in [6.07, 6.45) is 0. The number of benzene rings is 2. The van der Waals surface area contributed by atoms with Gasteiger partial charge in [0.2, 0.25) is 0 Å². The molecule has 2 aromatic rings. The average molecular weight is 410 g/mol. The van der Waals surface area contributed by atoms with E-state index in [2.05, 4.69) is 22.6 Å². The van der Waals surface area contributed by atoms with Crippen molar-refractivity contribution in [2.24, 2.45) is 0 Å². The van der Waals surface area contributed by atoms with Gasteiger partial charge >= 0.3 is 5.97 Å². The molecule has 4 nitrogen and oxygen atoms in total. The van der Waals surface area contributed by atoms with Crippen molar-refractivity contribution in [2.75, 3.05) is 13.7 Å². The first-order valence-corrected chi connectivity index (χ1v) is 7.69. The summed E-state index contributed by atoms with van der Waals surface area (Å²) in [4.78, 5) is 23.9. The number of hydrogen-bond donors (Lipinski definition) is 0. The van der Waals surface area contributed by atoms with Crippen molar-refractivity contribution in [1.82, 2.24) is 0 Å². The van der Waals surface area contributed by atoms with Gasteiger partial charge in [0.05, 0.1) is 16.2 Å². The Morgan fingerprint density at radius 1 is 1.05 bits per heavy atom. The number of rotatable bonds is 5. The summed E-state index contributed by atoms with van der Waals surface area (Å²) in [5.74, 6) is -0.0644. The third-order valence-corrected chi connectivity index (χ3v) is 3.94. The highest BCUT2D eigenvalue weighted by molar-refractivity contribution is 14.1. The lowest BCUT2D eigenvalue weighted by molar-refractivity contribution is 0.0474. The minimum absolute atomic E-state index is 0.225. The summed E-state index contributed by atoms with van der Waals surface area (Å²) >= 11 is 2.07. The van der Waals surface area contributed by atoms with Crippen LogP contribution in [0.2, 0.25) is 0 Å². The van der Waals surface area contributed by atoms with Crippen LogP contribution in [0.15, 0.2) is 42.5 Å². The van der Waals surface area contributed by atoms with E-state index in [0.717, 1.165) is 9.13 Å². The molecule has 0 fully saturated rings. The lowest BCUT2D eigenvalue weighted by Gasteiger charge is -2.07. The molecule has 2 rings (SSSR count). The molecule has 0 aromatic heterocycles. The molecule has 0 saturated heterocycles. The molecule has 0 amide bonds. The molecule has 114 valence electrons. The smallest absolute Gasteiger partial charge is 0.338 e. The molecule has 0 unspecified atom stereocenters. The number of halogens is 1. The van der Waals surface area contributed by atoms with Crippen molar-refractivity contribution in [3.8, 4) is 5.75 Å². The van der Waals surface area contributed by atoms with Crippen LogP contribution in [0.25, 0.3) is 0 Å². The number of carbonyl (C=O) groups is 2. The zero-order chi connectivity index (χ0) is 16.1. The van der Waals surface area contributed by atoms with Crippen LogP contribution in [-0.4, -0.2) is 25.5 Å². The first kappa shape index (κ1) is 16.5. The molecule has 0 heterocycles. The van der Waals surface area contributed by atoms with Crippen LogP contribution in [0.1, 0.15) is 26.3 Å². The maximum atomic E-state index is 12.0. The minimum Gasteiger partial charge on any atom is -0.496 e. The summed E-state index contributed by atoms with van der Waals surface area (Å²) in [5, 5.41) is 0. The Morgan fingerprint density at radius 2 is 1.68 bits per heavy atom. The third-order valence-electron chi connectivity index (χ3n) is 3.10. The summed E-state index contributed by atoms with van der Waals surface area (Å²) in [6, 6.07) is 12.1. The van der Waals surface area contributed by atoms with E-state index in [1.54, 1.807) is 37.4 Å². The van der Waals surface area contributed by atoms with Gasteiger partial charge < -0.3 is 9.47 Å².